The van der Waals surface area contributed by atoms with E-state index in [1.165, 1.54) is 26.0 Å². The molecule has 7 nitrogen and oxygen atoms in total. The van der Waals surface area contributed by atoms with E-state index in [0.29, 0.717) is 0 Å². The van der Waals surface area contributed by atoms with E-state index in [0.717, 1.165) is 0 Å². The van der Waals surface area contributed by atoms with Crippen molar-refractivity contribution in [2.45, 2.75) is 33.0 Å². The monoisotopic (exact) mass is 350 g/mol. The highest BCUT2D eigenvalue weighted by molar-refractivity contribution is 6.03. The fraction of sp³-hybridized carbons (Fsp3) is 0.389. The molecule has 7 heteroatoms. The molecule has 0 aromatic heterocycles. The quantitative estimate of drug-likeness (QED) is 0.434. The van der Waals surface area contributed by atoms with Crippen molar-refractivity contribution in [1.29, 1.82) is 0 Å². The van der Waals surface area contributed by atoms with Crippen LogP contribution >= 0.6 is 0 Å². The summed E-state index contributed by atoms with van der Waals surface area (Å²) in [6.45, 7) is 7.65. The second kappa shape index (κ2) is 9.58. The molecular formula is C18H22O7. The van der Waals surface area contributed by atoms with Gasteiger partial charge >= 0.3 is 17.9 Å². The van der Waals surface area contributed by atoms with Gasteiger partial charge < -0.3 is 19.3 Å². The van der Waals surface area contributed by atoms with Gasteiger partial charge in [-0.05, 0) is 32.9 Å². The van der Waals surface area contributed by atoms with Crippen LogP contribution < -0.4 is 0 Å². The Morgan fingerprint density at radius 3 is 1.96 bits per heavy atom. The van der Waals surface area contributed by atoms with E-state index in [4.69, 9.17) is 19.3 Å². The van der Waals surface area contributed by atoms with Crippen molar-refractivity contribution in [2.24, 2.45) is 0 Å². The minimum Gasteiger partial charge on any atom is -0.459 e. The predicted molar refractivity (Wildman–Crippen MR) is 89.1 cm³/mol. The highest BCUT2D eigenvalue weighted by Gasteiger charge is 2.20. The summed E-state index contributed by atoms with van der Waals surface area (Å²) >= 11 is 0. The number of benzene rings is 1. The van der Waals surface area contributed by atoms with Crippen molar-refractivity contribution >= 4 is 17.9 Å². The van der Waals surface area contributed by atoms with Gasteiger partial charge in [-0.15, -0.1) is 0 Å². The molecule has 2 atom stereocenters. The number of esters is 3. The fourth-order valence-corrected chi connectivity index (χ4v) is 1.70. The maximum absolute atomic E-state index is 12.2. The zero-order chi connectivity index (χ0) is 19.0. The molecule has 0 saturated heterocycles. The molecule has 0 aliphatic carbocycles. The van der Waals surface area contributed by atoms with E-state index >= 15 is 0 Å². The number of ether oxygens (including phenoxy) is 3. The number of aliphatic hydroxyl groups excluding tert-OH is 1. The number of hydrogen-bond acceptors (Lipinski definition) is 7. The lowest BCUT2D eigenvalue weighted by Gasteiger charge is -2.14. The highest BCUT2D eigenvalue weighted by atomic mass is 16.6. The van der Waals surface area contributed by atoms with Gasteiger partial charge in [-0.25, -0.2) is 14.4 Å². The largest absolute Gasteiger partial charge is 0.459 e. The summed E-state index contributed by atoms with van der Waals surface area (Å²) in [6, 6.07) is 6.00. The molecule has 0 bridgehead atoms. The average molecular weight is 350 g/mol. The SMILES string of the molecule is C=C(C)C(=O)OC(C)COC(=O)c1ccccc1C(=O)OCC(C)O. The summed E-state index contributed by atoms with van der Waals surface area (Å²) in [5.74, 6) is -2.07. The predicted octanol–water partition coefficient (Wildman–Crippen LogP) is 1.89. The van der Waals surface area contributed by atoms with Crippen LogP contribution in [0.5, 0.6) is 0 Å². The number of hydrogen-bond donors (Lipinski definition) is 1. The van der Waals surface area contributed by atoms with Crippen LogP contribution in [0.2, 0.25) is 0 Å². The molecule has 1 aromatic carbocycles. The summed E-state index contributed by atoms with van der Waals surface area (Å²) in [4.78, 5) is 35.6. The van der Waals surface area contributed by atoms with Crippen LogP contribution in [0.1, 0.15) is 41.5 Å². The summed E-state index contributed by atoms with van der Waals surface area (Å²) < 4.78 is 15.0. The molecule has 0 aliphatic rings. The number of rotatable bonds is 8. The molecule has 0 fully saturated rings. The van der Waals surface area contributed by atoms with Crippen molar-refractivity contribution in [3.8, 4) is 0 Å². The summed E-state index contributed by atoms with van der Waals surface area (Å²) in [6.07, 6.45) is -1.48. The summed E-state index contributed by atoms with van der Waals surface area (Å²) in [5.41, 5.74) is 0.292. The first-order chi connectivity index (χ1) is 11.7. The average Bonchev–Trinajstić information content (AvgIpc) is 2.57. The van der Waals surface area contributed by atoms with Gasteiger partial charge in [0.25, 0.3) is 0 Å². The molecule has 0 aliphatic heterocycles. The molecule has 2 unspecified atom stereocenters. The second-order valence-corrected chi connectivity index (χ2v) is 5.59. The van der Waals surface area contributed by atoms with Crippen LogP contribution in [0.3, 0.4) is 0 Å². The Morgan fingerprint density at radius 1 is 1.04 bits per heavy atom. The van der Waals surface area contributed by atoms with Crippen molar-refractivity contribution in [3.05, 3.63) is 47.5 Å². The standard InChI is InChI=1S/C18H22O7/c1-11(2)16(20)25-13(4)10-24-18(22)15-8-6-5-7-14(15)17(21)23-9-12(3)19/h5-8,12-13,19H,1,9-10H2,2-4H3. The first kappa shape index (κ1) is 20.4. The third-order valence-corrected chi connectivity index (χ3v) is 2.93. The summed E-state index contributed by atoms with van der Waals surface area (Å²) in [7, 11) is 0. The molecule has 1 N–H and O–H groups in total. The maximum Gasteiger partial charge on any atom is 0.339 e. The first-order valence-electron chi connectivity index (χ1n) is 7.70. The molecule has 0 spiro atoms. The normalized spacial score (nSPS) is 12.6. The molecule has 25 heavy (non-hydrogen) atoms. The molecule has 0 radical (unpaired) electrons. The van der Waals surface area contributed by atoms with Gasteiger partial charge in [0, 0.05) is 5.57 Å². The Hall–Kier alpha value is -2.67. The molecule has 0 saturated carbocycles. The number of aliphatic hydroxyl groups is 1. The van der Waals surface area contributed by atoms with Crippen LogP contribution in [-0.4, -0.2) is 48.4 Å². The minimum absolute atomic E-state index is 0.0246. The van der Waals surface area contributed by atoms with Gasteiger partial charge in [-0.3, -0.25) is 0 Å². The molecule has 0 heterocycles. The Kier molecular flexibility index (Phi) is 7.81. The van der Waals surface area contributed by atoms with E-state index in [9.17, 15) is 14.4 Å². The zero-order valence-electron chi connectivity index (χ0n) is 14.5. The second-order valence-electron chi connectivity index (χ2n) is 5.59. The zero-order valence-corrected chi connectivity index (χ0v) is 14.5. The van der Waals surface area contributed by atoms with Crippen LogP contribution in [0.4, 0.5) is 0 Å². The third-order valence-electron chi connectivity index (χ3n) is 2.93. The van der Waals surface area contributed by atoms with Gasteiger partial charge in [-0.1, -0.05) is 18.7 Å². The van der Waals surface area contributed by atoms with Gasteiger partial charge in [0.05, 0.1) is 17.2 Å². The maximum atomic E-state index is 12.2. The fourth-order valence-electron chi connectivity index (χ4n) is 1.70. The molecular weight excluding hydrogens is 328 g/mol. The van der Waals surface area contributed by atoms with E-state index in [1.807, 2.05) is 0 Å². The van der Waals surface area contributed by atoms with Gasteiger partial charge in [-0.2, -0.15) is 0 Å². The lowest BCUT2D eigenvalue weighted by molar-refractivity contribution is -0.145. The topological polar surface area (TPSA) is 99.1 Å². The molecule has 136 valence electrons. The third kappa shape index (κ3) is 6.76. The van der Waals surface area contributed by atoms with Crippen LogP contribution in [-0.2, 0) is 19.0 Å². The van der Waals surface area contributed by atoms with Crippen molar-refractivity contribution in [2.75, 3.05) is 13.2 Å². The van der Waals surface area contributed by atoms with E-state index in [2.05, 4.69) is 6.58 Å². The van der Waals surface area contributed by atoms with E-state index in [1.54, 1.807) is 19.1 Å². The molecule has 1 aromatic rings. The van der Waals surface area contributed by atoms with Crippen molar-refractivity contribution < 1.29 is 33.7 Å². The van der Waals surface area contributed by atoms with Gasteiger partial charge in [0.2, 0.25) is 0 Å². The van der Waals surface area contributed by atoms with E-state index in [-0.39, 0.29) is 29.9 Å². The first-order valence-corrected chi connectivity index (χ1v) is 7.70. The van der Waals surface area contributed by atoms with Crippen molar-refractivity contribution in [1.82, 2.24) is 0 Å². The minimum atomic E-state index is -0.813. The Morgan fingerprint density at radius 2 is 1.52 bits per heavy atom. The highest BCUT2D eigenvalue weighted by Crippen LogP contribution is 2.13. The Bertz CT molecular complexity index is 649. The molecule has 1 rings (SSSR count). The number of carbonyl (C=O) groups is 3. The van der Waals surface area contributed by atoms with Crippen LogP contribution in [0.25, 0.3) is 0 Å². The van der Waals surface area contributed by atoms with Crippen LogP contribution in [0, 0.1) is 0 Å². The Labute approximate surface area is 146 Å². The van der Waals surface area contributed by atoms with Gasteiger partial charge in [0.1, 0.15) is 19.3 Å². The van der Waals surface area contributed by atoms with Crippen LogP contribution in [0.15, 0.2) is 36.4 Å². The molecule has 0 amide bonds. The Balaban J connectivity index is 2.71. The summed E-state index contributed by atoms with van der Waals surface area (Å²) in [5, 5.41) is 9.17. The smallest absolute Gasteiger partial charge is 0.339 e. The van der Waals surface area contributed by atoms with E-state index < -0.39 is 30.1 Å². The lowest BCUT2D eigenvalue weighted by atomic mass is 10.1. The van der Waals surface area contributed by atoms with Gasteiger partial charge in [0.15, 0.2) is 0 Å². The van der Waals surface area contributed by atoms with Crippen molar-refractivity contribution in [3.63, 3.8) is 0 Å². The lowest BCUT2D eigenvalue weighted by Crippen LogP contribution is -2.24. The number of carbonyl (C=O) groups excluding carboxylic acids is 3.